The van der Waals surface area contributed by atoms with Gasteiger partial charge in [0.2, 0.25) is 12.0 Å². The zero-order chi connectivity index (χ0) is 65.3. The van der Waals surface area contributed by atoms with Crippen molar-refractivity contribution in [1.82, 2.24) is 19.9 Å². The molecule has 17 nitrogen and oxygen atoms in total. The van der Waals surface area contributed by atoms with Gasteiger partial charge >= 0.3 is 5.97 Å². The van der Waals surface area contributed by atoms with E-state index in [2.05, 4.69) is 37.5 Å². The number of thiophene rings is 1. The number of hydrogen-bond donors (Lipinski definition) is 1. The first-order chi connectivity index (χ1) is 44.2. The first kappa shape index (κ1) is 66.8. The summed E-state index contributed by atoms with van der Waals surface area (Å²) in [5.41, 5.74) is 4.32. The Hall–Kier alpha value is -8.09. The van der Waals surface area contributed by atoms with Crippen LogP contribution in [-0.4, -0.2) is 91.8 Å². The lowest BCUT2D eigenvalue weighted by Crippen LogP contribution is -2.39. The molecule has 1 N–H and O–H groups in total. The van der Waals surface area contributed by atoms with Gasteiger partial charge in [-0.05, 0) is 157 Å². The fourth-order valence-electron chi connectivity index (χ4n) is 10.5. The summed E-state index contributed by atoms with van der Waals surface area (Å²) in [5, 5.41) is 11.6. The number of phenolic OH excluding ortho intramolecular Hbond substituents is 1. The van der Waals surface area contributed by atoms with Crippen LogP contribution in [0.15, 0.2) is 170 Å². The molecule has 92 heavy (non-hydrogen) atoms. The molecule has 0 saturated heterocycles. The van der Waals surface area contributed by atoms with Crippen molar-refractivity contribution in [3.8, 4) is 62.9 Å². The second kappa shape index (κ2) is 29.2. The number of esters is 1. The van der Waals surface area contributed by atoms with Crippen molar-refractivity contribution in [1.29, 1.82) is 0 Å². The highest BCUT2D eigenvalue weighted by molar-refractivity contribution is 14.1. The maximum Gasteiger partial charge on any atom is 0.348 e. The summed E-state index contributed by atoms with van der Waals surface area (Å²) in [6, 6.07) is 47.0. The maximum atomic E-state index is 14.5. The number of para-hydroxylation sites is 1. The highest BCUT2D eigenvalue weighted by Gasteiger charge is 2.40. The van der Waals surface area contributed by atoms with Crippen molar-refractivity contribution in [2.24, 2.45) is 0 Å². The Morgan fingerprint density at radius 2 is 1.32 bits per heavy atom. The molecule has 10 rings (SSSR count). The van der Waals surface area contributed by atoms with Crippen molar-refractivity contribution in [2.75, 3.05) is 34.5 Å². The van der Waals surface area contributed by atoms with Crippen LogP contribution in [0.4, 0.5) is 0 Å². The number of phenols is 1. The number of halogens is 3. The lowest BCUT2D eigenvalue weighted by Gasteiger charge is -2.37. The van der Waals surface area contributed by atoms with Crippen molar-refractivity contribution < 1.29 is 60.4 Å². The largest absolute Gasteiger partial charge is 0.508 e. The Morgan fingerprint density at radius 1 is 0.696 bits per heavy atom. The van der Waals surface area contributed by atoms with Gasteiger partial charge in [-0.2, -0.15) is 8.42 Å². The summed E-state index contributed by atoms with van der Waals surface area (Å²) in [5.74, 6) is 1.50. The van der Waals surface area contributed by atoms with E-state index in [1.165, 1.54) is 29.8 Å². The number of carbonyl (C=O) groups excluding carboxylic acids is 1. The van der Waals surface area contributed by atoms with Crippen LogP contribution in [0.3, 0.4) is 0 Å². The Labute approximate surface area is 561 Å². The molecular weight excluding hydrogens is 1370 g/mol. The fourth-order valence-corrected chi connectivity index (χ4v) is 14.1. The second-order valence-electron chi connectivity index (χ2n) is 22.2. The summed E-state index contributed by atoms with van der Waals surface area (Å²) in [4.78, 5) is 33.6. The van der Waals surface area contributed by atoms with Gasteiger partial charge in [-0.15, -0.1) is 11.3 Å². The van der Waals surface area contributed by atoms with E-state index in [1.54, 1.807) is 90.8 Å². The van der Waals surface area contributed by atoms with Crippen LogP contribution in [0.2, 0.25) is 10.0 Å². The van der Waals surface area contributed by atoms with Gasteiger partial charge in [-0.1, -0.05) is 120 Å². The number of rotatable bonds is 26. The number of carbonyl (C=O) groups is 1. The fraction of sp³-hybridized carbons (Fsp3) is 0.243. The number of aromatic nitrogens is 4. The molecule has 2 atom stereocenters. The van der Waals surface area contributed by atoms with Crippen molar-refractivity contribution in [3.05, 3.63) is 228 Å². The molecule has 0 bridgehead atoms. The SMILES string of the molecule is COc1ccc(C(OC[C@H](COS(=O)(=O)Cc2ccccc2)Oc2c(Cl)c(C)c(-c3c(I)sc4ncnc(O[C@H](Cc5cc(O)ccc5OCc5ccnc(-c6ccccc6OC)n5)C(=O)OC(C)(C)C)c34)c(C)c2Cl)(c2ccccc2)c2ccc(OC)cc2)cc1. The summed E-state index contributed by atoms with van der Waals surface area (Å²) < 4.78 is 84.4. The normalized spacial score (nSPS) is 12.5. The average molecular weight is 1430 g/mol. The van der Waals surface area contributed by atoms with Gasteiger partial charge in [0, 0.05) is 23.7 Å². The van der Waals surface area contributed by atoms with Crippen molar-refractivity contribution >= 4 is 83.4 Å². The third-order valence-corrected chi connectivity index (χ3v) is 19.0. The summed E-state index contributed by atoms with van der Waals surface area (Å²) in [6.45, 7) is 8.07. The molecule has 10 aromatic rings. The Kier molecular flexibility index (Phi) is 21.2. The molecule has 0 aliphatic carbocycles. The minimum atomic E-state index is -4.23. The zero-order valence-corrected chi connectivity index (χ0v) is 56.7. The van der Waals surface area contributed by atoms with E-state index in [1.807, 2.05) is 117 Å². The number of benzene rings is 7. The first-order valence-electron chi connectivity index (χ1n) is 29.0. The molecule has 3 heterocycles. The average Bonchev–Trinajstić information content (AvgIpc) is 1.34. The molecule has 7 aromatic carbocycles. The van der Waals surface area contributed by atoms with E-state index in [4.69, 9.17) is 70.3 Å². The monoisotopic (exact) mass is 1430 g/mol. The van der Waals surface area contributed by atoms with Crippen LogP contribution in [0.5, 0.6) is 40.4 Å². The van der Waals surface area contributed by atoms with Gasteiger partial charge in [-0.3, -0.25) is 4.18 Å². The van der Waals surface area contributed by atoms with Crippen LogP contribution >= 0.6 is 57.1 Å². The summed E-state index contributed by atoms with van der Waals surface area (Å²) in [7, 11) is 0.528. The van der Waals surface area contributed by atoms with Gasteiger partial charge in [0.25, 0.3) is 10.1 Å². The van der Waals surface area contributed by atoms with Gasteiger partial charge in [-0.25, -0.2) is 24.7 Å². The molecule has 3 aromatic heterocycles. The van der Waals surface area contributed by atoms with Crippen molar-refractivity contribution in [2.45, 2.75) is 76.8 Å². The molecule has 0 aliphatic rings. The Morgan fingerprint density at radius 3 is 1.95 bits per heavy atom. The standard InChI is InChI=1S/C70H65Cl2IN4O13S2/c1-42-58(59-60-66(75-41-76-67(60)91-64(59)73)89-57(68(79)90-69(3,4)5)36-45-35-50(78)27-32-55(45)85-37-49-33-34-74-65(77-49)54-21-15-16-22-56(54)84-8)43(2)62(72)63(61(42)71)88-53(39-87-92(80,81)40-44-17-11-9-12-18-44)38-86-70(46-19-13-10-14-20-46,47-23-28-51(82-6)29-24-47)48-25-30-52(83-7)31-26-48/h9-35,41,53,57,78H,36-40H2,1-8H3/t53-,57-/m1/s1. The van der Waals surface area contributed by atoms with Gasteiger partial charge < -0.3 is 43.0 Å². The third kappa shape index (κ3) is 15.3. The molecular formula is C70H65Cl2IN4O13S2. The number of nitrogens with zero attached hydrogens (tertiary/aromatic N) is 4. The molecule has 0 spiro atoms. The smallest absolute Gasteiger partial charge is 0.348 e. The molecule has 0 radical (unpaired) electrons. The Bertz CT molecular complexity index is 4280. The van der Waals surface area contributed by atoms with E-state index in [-0.39, 0.29) is 47.1 Å². The molecule has 0 fully saturated rings. The molecule has 0 amide bonds. The topological polar surface area (TPSA) is 206 Å². The third-order valence-electron chi connectivity index (χ3n) is 14.8. The Balaban J connectivity index is 1.01. The molecule has 22 heteroatoms. The first-order valence-corrected chi connectivity index (χ1v) is 33.2. The van der Waals surface area contributed by atoms with E-state index >= 15 is 0 Å². The van der Waals surface area contributed by atoms with Crippen LogP contribution in [0.25, 0.3) is 32.7 Å². The predicted molar refractivity (Wildman–Crippen MR) is 363 cm³/mol. The maximum absolute atomic E-state index is 14.5. The summed E-state index contributed by atoms with van der Waals surface area (Å²) >= 11 is 18.6. The van der Waals surface area contributed by atoms with E-state index in [0.717, 1.165) is 8.45 Å². The number of hydrogen-bond acceptors (Lipinski definition) is 18. The lowest BCUT2D eigenvalue weighted by molar-refractivity contribution is -0.163. The number of fused-ring (bicyclic) bond motifs is 1. The van der Waals surface area contributed by atoms with Crippen LogP contribution in [-0.2, 0) is 53.0 Å². The minimum Gasteiger partial charge on any atom is -0.508 e. The van der Waals surface area contributed by atoms with Gasteiger partial charge in [0.05, 0.1) is 57.5 Å². The quantitative estimate of drug-likeness (QED) is 0.0231. The number of ether oxygens (including phenoxy) is 8. The van der Waals surface area contributed by atoms with Crippen LogP contribution in [0, 0.1) is 16.7 Å². The van der Waals surface area contributed by atoms with E-state index < -0.39 is 51.9 Å². The van der Waals surface area contributed by atoms with Gasteiger partial charge in [0.1, 0.15) is 76.2 Å². The molecule has 0 unspecified atom stereocenters. The van der Waals surface area contributed by atoms with E-state index in [0.29, 0.717) is 94.8 Å². The summed E-state index contributed by atoms with van der Waals surface area (Å²) in [6.07, 6.45) is 0.278. The second-order valence-corrected chi connectivity index (χ2v) is 27.4. The number of aromatic hydroxyl groups is 1. The number of methoxy groups -OCH3 is 3. The zero-order valence-electron chi connectivity index (χ0n) is 51.4. The predicted octanol–water partition coefficient (Wildman–Crippen LogP) is 15.3. The highest BCUT2D eigenvalue weighted by atomic mass is 127. The van der Waals surface area contributed by atoms with Crippen LogP contribution in [0.1, 0.15) is 65.4 Å². The molecule has 0 saturated carbocycles. The lowest BCUT2D eigenvalue weighted by atomic mass is 9.80. The minimum absolute atomic E-state index is 0.000296. The van der Waals surface area contributed by atoms with Crippen LogP contribution < -0.4 is 28.4 Å². The molecule has 476 valence electrons. The highest BCUT2D eigenvalue weighted by Crippen LogP contribution is 2.51. The molecule has 0 aliphatic heterocycles. The van der Waals surface area contributed by atoms with Crippen molar-refractivity contribution in [3.63, 3.8) is 0 Å². The van der Waals surface area contributed by atoms with E-state index in [9.17, 15) is 18.3 Å². The van der Waals surface area contributed by atoms with Gasteiger partial charge in [0.15, 0.2) is 11.6 Å².